The summed E-state index contributed by atoms with van der Waals surface area (Å²) in [7, 11) is 0. The van der Waals surface area contributed by atoms with E-state index < -0.39 is 17.3 Å². The second-order valence-corrected chi connectivity index (χ2v) is 9.04. The van der Waals surface area contributed by atoms with Crippen molar-refractivity contribution in [2.45, 2.75) is 18.1 Å². The Hall–Kier alpha value is -3.17. The highest BCUT2D eigenvalue weighted by molar-refractivity contribution is 6.31. The lowest BCUT2D eigenvalue weighted by atomic mass is 9.73. The summed E-state index contributed by atoms with van der Waals surface area (Å²) < 4.78 is 54.1. The Kier molecular flexibility index (Phi) is 5.69. The summed E-state index contributed by atoms with van der Waals surface area (Å²) in [6.07, 6.45) is -1.01. The zero-order valence-corrected chi connectivity index (χ0v) is 18.6. The molecule has 2 N–H and O–H groups in total. The number of halogens is 5. The van der Waals surface area contributed by atoms with Crippen LogP contribution in [-0.4, -0.2) is 39.7 Å². The summed E-state index contributed by atoms with van der Waals surface area (Å²) in [5.41, 5.74) is 1.06. The van der Waals surface area contributed by atoms with Crippen LogP contribution < -0.4 is 5.32 Å². The highest BCUT2D eigenvalue weighted by atomic mass is 35.5. The molecule has 176 valence electrons. The van der Waals surface area contributed by atoms with Crippen molar-refractivity contribution >= 4 is 28.2 Å². The zero-order chi connectivity index (χ0) is 23.9. The van der Waals surface area contributed by atoms with E-state index in [0.29, 0.717) is 42.3 Å². The predicted molar refractivity (Wildman–Crippen MR) is 122 cm³/mol. The normalized spacial score (nSPS) is 15.9. The summed E-state index contributed by atoms with van der Waals surface area (Å²) >= 11 is 6.12. The fraction of sp³-hybridized carbons (Fsp3) is 0.250. The van der Waals surface area contributed by atoms with Gasteiger partial charge in [0.05, 0.1) is 11.7 Å². The van der Waals surface area contributed by atoms with E-state index in [2.05, 4.69) is 25.4 Å². The van der Waals surface area contributed by atoms with Crippen LogP contribution in [0.5, 0.6) is 0 Å². The van der Waals surface area contributed by atoms with Gasteiger partial charge in [-0.05, 0) is 42.0 Å². The Morgan fingerprint density at radius 1 is 1.09 bits per heavy atom. The maximum atomic E-state index is 13.6. The maximum absolute atomic E-state index is 13.6. The summed E-state index contributed by atoms with van der Waals surface area (Å²) in [5, 5.41) is 10.9. The molecule has 1 aliphatic heterocycles. The monoisotopic (exact) mass is 489 g/mol. The van der Waals surface area contributed by atoms with Gasteiger partial charge in [-0.1, -0.05) is 23.7 Å². The van der Waals surface area contributed by atoms with Crippen molar-refractivity contribution in [2.24, 2.45) is 0 Å². The molecule has 34 heavy (non-hydrogen) atoms. The van der Waals surface area contributed by atoms with E-state index in [-0.39, 0.29) is 11.3 Å². The molecule has 10 heteroatoms. The minimum atomic E-state index is -4.59. The molecule has 0 spiro atoms. The van der Waals surface area contributed by atoms with Gasteiger partial charge in [0.25, 0.3) is 0 Å². The number of aromatic nitrogens is 3. The number of hydrogen-bond donors (Lipinski definition) is 2. The van der Waals surface area contributed by atoms with Gasteiger partial charge in [-0.25, -0.2) is 9.37 Å². The van der Waals surface area contributed by atoms with Crippen molar-refractivity contribution in [1.82, 2.24) is 20.1 Å². The SMILES string of the molecule is Fc1ccc(C2(CNc3cc(C(F)(F)F)nc4ccc(Cl)cc34)CN(Cc3cn[nH]c3)C2)cc1. The van der Waals surface area contributed by atoms with Crippen LogP contribution in [0.15, 0.2) is 60.9 Å². The summed E-state index contributed by atoms with van der Waals surface area (Å²) in [5.74, 6) is -0.342. The molecule has 0 unspecified atom stereocenters. The largest absolute Gasteiger partial charge is 0.433 e. The molecule has 0 radical (unpaired) electrons. The smallest absolute Gasteiger partial charge is 0.383 e. The first-order chi connectivity index (χ1) is 16.2. The minimum Gasteiger partial charge on any atom is -0.383 e. The Bertz CT molecular complexity index is 1300. The van der Waals surface area contributed by atoms with Gasteiger partial charge < -0.3 is 5.32 Å². The Balaban J connectivity index is 1.45. The summed E-state index contributed by atoms with van der Waals surface area (Å²) in [6, 6.07) is 11.9. The Morgan fingerprint density at radius 3 is 2.53 bits per heavy atom. The number of fused-ring (bicyclic) bond motifs is 1. The molecule has 1 saturated heterocycles. The standard InChI is InChI=1S/C24H20ClF4N5/c25-17-3-6-20-19(7-17)21(8-22(33-20)24(27,28)29)30-12-23(16-1-4-18(26)5-2-16)13-34(14-23)11-15-9-31-32-10-15/h1-10H,11-14H2,(H,30,33)(H,31,32). The molecule has 1 aliphatic rings. The molecule has 2 aromatic heterocycles. The topological polar surface area (TPSA) is 56.8 Å². The van der Waals surface area contributed by atoms with Gasteiger partial charge in [-0.3, -0.25) is 10.00 Å². The second kappa shape index (κ2) is 8.56. The zero-order valence-electron chi connectivity index (χ0n) is 17.8. The first kappa shape index (κ1) is 22.6. The fourth-order valence-corrected chi connectivity index (χ4v) is 4.67. The molecule has 0 atom stereocenters. The molecule has 0 amide bonds. The minimum absolute atomic E-state index is 0.202. The molecular weight excluding hydrogens is 470 g/mol. The number of alkyl halides is 3. The Labute approximate surface area is 197 Å². The van der Waals surface area contributed by atoms with E-state index >= 15 is 0 Å². The highest BCUT2D eigenvalue weighted by Gasteiger charge is 2.44. The average Bonchev–Trinajstić information content (AvgIpc) is 3.28. The van der Waals surface area contributed by atoms with E-state index in [1.807, 2.05) is 6.20 Å². The van der Waals surface area contributed by atoms with Crippen LogP contribution in [0.4, 0.5) is 23.2 Å². The van der Waals surface area contributed by atoms with Gasteiger partial charge in [-0.2, -0.15) is 18.3 Å². The molecule has 0 aliphatic carbocycles. The fourth-order valence-electron chi connectivity index (χ4n) is 4.50. The molecule has 0 saturated carbocycles. The van der Waals surface area contributed by atoms with Crippen LogP contribution in [0.2, 0.25) is 5.02 Å². The quantitative estimate of drug-likeness (QED) is 0.344. The predicted octanol–water partition coefficient (Wildman–Crippen LogP) is 5.63. The lowest BCUT2D eigenvalue weighted by Crippen LogP contribution is -2.61. The van der Waals surface area contributed by atoms with Crippen molar-refractivity contribution in [3.05, 3.63) is 88.6 Å². The van der Waals surface area contributed by atoms with Crippen LogP contribution in [0.1, 0.15) is 16.8 Å². The Morgan fingerprint density at radius 2 is 1.85 bits per heavy atom. The molecule has 0 bridgehead atoms. The van der Waals surface area contributed by atoms with Crippen LogP contribution >= 0.6 is 11.6 Å². The number of nitrogens with zero attached hydrogens (tertiary/aromatic N) is 3. The van der Waals surface area contributed by atoms with Gasteiger partial charge in [0.15, 0.2) is 0 Å². The van der Waals surface area contributed by atoms with E-state index in [9.17, 15) is 17.6 Å². The number of H-pyrrole nitrogens is 1. The lowest BCUT2D eigenvalue weighted by Gasteiger charge is -2.51. The maximum Gasteiger partial charge on any atom is 0.433 e. The van der Waals surface area contributed by atoms with Gasteiger partial charge in [0.2, 0.25) is 0 Å². The van der Waals surface area contributed by atoms with Crippen molar-refractivity contribution in [3.8, 4) is 0 Å². The number of hydrogen-bond acceptors (Lipinski definition) is 4. The third kappa shape index (κ3) is 4.45. The highest BCUT2D eigenvalue weighted by Crippen LogP contribution is 2.38. The number of benzene rings is 2. The molecular formula is C24H20ClF4N5. The van der Waals surface area contributed by atoms with Gasteiger partial charge in [-0.15, -0.1) is 0 Å². The average molecular weight is 490 g/mol. The van der Waals surface area contributed by atoms with E-state index in [0.717, 1.165) is 17.2 Å². The molecule has 5 nitrogen and oxygen atoms in total. The molecule has 5 rings (SSSR count). The van der Waals surface area contributed by atoms with Crippen molar-refractivity contribution in [2.75, 3.05) is 25.0 Å². The van der Waals surface area contributed by atoms with Crippen LogP contribution in [0.3, 0.4) is 0 Å². The number of likely N-dealkylation sites (tertiary alicyclic amines) is 1. The van der Waals surface area contributed by atoms with Crippen molar-refractivity contribution < 1.29 is 17.6 Å². The van der Waals surface area contributed by atoms with Crippen molar-refractivity contribution in [1.29, 1.82) is 0 Å². The first-order valence-electron chi connectivity index (χ1n) is 10.6. The van der Waals surface area contributed by atoms with Crippen LogP contribution in [-0.2, 0) is 18.1 Å². The number of pyridine rings is 1. The molecule has 3 heterocycles. The number of nitrogens with one attached hydrogen (secondary N) is 2. The van der Waals surface area contributed by atoms with E-state index in [4.69, 9.17) is 11.6 Å². The number of anilines is 1. The van der Waals surface area contributed by atoms with Crippen LogP contribution in [0.25, 0.3) is 10.9 Å². The van der Waals surface area contributed by atoms with Gasteiger partial charge in [0, 0.05) is 59.5 Å². The second-order valence-electron chi connectivity index (χ2n) is 8.61. The van der Waals surface area contributed by atoms with Gasteiger partial charge >= 0.3 is 6.18 Å². The number of aromatic amines is 1. The molecule has 2 aromatic carbocycles. The lowest BCUT2D eigenvalue weighted by molar-refractivity contribution is -0.140. The molecule has 4 aromatic rings. The summed E-state index contributed by atoms with van der Waals surface area (Å²) in [6.45, 7) is 2.33. The van der Waals surface area contributed by atoms with Crippen molar-refractivity contribution in [3.63, 3.8) is 0 Å². The number of rotatable bonds is 6. The summed E-state index contributed by atoms with van der Waals surface area (Å²) in [4.78, 5) is 5.97. The van der Waals surface area contributed by atoms with Crippen LogP contribution in [0, 0.1) is 5.82 Å². The third-order valence-corrected chi connectivity index (χ3v) is 6.38. The third-order valence-electron chi connectivity index (χ3n) is 6.15. The first-order valence-corrected chi connectivity index (χ1v) is 11.0. The molecule has 1 fully saturated rings. The van der Waals surface area contributed by atoms with E-state index in [1.165, 1.54) is 24.3 Å². The van der Waals surface area contributed by atoms with Gasteiger partial charge in [0.1, 0.15) is 11.5 Å². The van der Waals surface area contributed by atoms with E-state index in [1.54, 1.807) is 24.4 Å².